The Morgan fingerprint density at radius 1 is 1.07 bits per heavy atom. The lowest BCUT2D eigenvalue weighted by Crippen LogP contribution is -2.13. The van der Waals surface area contributed by atoms with E-state index in [4.69, 9.17) is 4.98 Å². The molecule has 5 rings (SSSR count). The van der Waals surface area contributed by atoms with Crippen LogP contribution in [-0.4, -0.2) is 29.5 Å². The fraction of sp³-hybridized carbons (Fsp3) is 0.143. The standard InChI is InChI=1S/C21H18FN7/c1-12(27-20-17-19(24-10-23-17)25-11-26-20)21-28-15-9-8-14(22)16(18(15)29(21)2)13-6-4-3-5-7-13/h3-12H,1-2H3,(H2,23,24,25,26,27)/t12-/m0/s1. The minimum atomic E-state index is -0.270. The summed E-state index contributed by atoms with van der Waals surface area (Å²) in [7, 11) is 1.90. The van der Waals surface area contributed by atoms with Gasteiger partial charge in [-0.1, -0.05) is 30.3 Å². The molecule has 0 saturated heterocycles. The van der Waals surface area contributed by atoms with Gasteiger partial charge in [0.15, 0.2) is 11.5 Å². The Bertz CT molecular complexity index is 1320. The van der Waals surface area contributed by atoms with Gasteiger partial charge in [-0.15, -0.1) is 0 Å². The number of anilines is 1. The van der Waals surface area contributed by atoms with Crippen LogP contribution in [0.3, 0.4) is 0 Å². The van der Waals surface area contributed by atoms with Gasteiger partial charge in [0.2, 0.25) is 0 Å². The Labute approximate surface area is 165 Å². The van der Waals surface area contributed by atoms with Gasteiger partial charge in [0.25, 0.3) is 0 Å². The normalized spacial score (nSPS) is 12.5. The molecule has 0 unspecified atom stereocenters. The molecule has 0 amide bonds. The van der Waals surface area contributed by atoms with Crippen LogP contribution in [0.1, 0.15) is 18.8 Å². The van der Waals surface area contributed by atoms with Gasteiger partial charge in [-0.2, -0.15) is 0 Å². The number of H-pyrrole nitrogens is 1. The summed E-state index contributed by atoms with van der Waals surface area (Å²) >= 11 is 0. The highest BCUT2D eigenvalue weighted by molar-refractivity contribution is 5.93. The molecule has 0 fully saturated rings. The molecule has 2 N–H and O–H groups in total. The highest BCUT2D eigenvalue weighted by Crippen LogP contribution is 2.33. The van der Waals surface area contributed by atoms with Crippen LogP contribution in [0.4, 0.5) is 10.2 Å². The van der Waals surface area contributed by atoms with Crippen molar-refractivity contribution in [1.82, 2.24) is 29.5 Å². The maximum Gasteiger partial charge on any atom is 0.162 e. The van der Waals surface area contributed by atoms with Crippen molar-refractivity contribution >= 4 is 28.0 Å². The number of halogens is 1. The highest BCUT2D eigenvalue weighted by Gasteiger charge is 2.21. The molecule has 0 bridgehead atoms. The van der Waals surface area contributed by atoms with Crippen LogP contribution in [0.15, 0.2) is 55.1 Å². The number of rotatable bonds is 4. The lowest BCUT2D eigenvalue weighted by molar-refractivity contribution is 0.632. The van der Waals surface area contributed by atoms with Gasteiger partial charge in [0.05, 0.1) is 23.4 Å². The van der Waals surface area contributed by atoms with Crippen molar-refractivity contribution in [1.29, 1.82) is 0 Å². The molecule has 5 aromatic rings. The van der Waals surface area contributed by atoms with E-state index in [-0.39, 0.29) is 11.9 Å². The summed E-state index contributed by atoms with van der Waals surface area (Å²) < 4.78 is 16.7. The Morgan fingerprint density at radius 3 is 2.72 bits per heavy atom. The van der Waals surface area contributed by atoms with E-state index in [1.54, 1.807) is 12.4 Å². The van der Waals surface area contributed by atoms with E-state index in [9.17, 15) is 4.39 Å². The molecular weight excluding hydrogens is 369 g/mol. The summed E-state index contributed by atoms with van der Waals surface area (Å²) in [6, 6.07) is 12.5. The fourth-order valence-corrected chi connectivity index (χ4v) is 3.70. The number of nitrogens with zero attached hydrogens (tertiary/aromatic N) is 5. The first-order valence-electron chi connectivity index (χ1n) is 9.24. The second-order valence-corrected chi connectivity index (χ2v) is 6.87. The van der Waals surface area contributed by atoms with E-state index < -0.39 is 0 Å². The third-order valence-electron chi connectivity index (χ3n) is 5.04. The molecule has 0 spiro atoms. The molecular formula is C21H18FN7. The average molecular weight is 387 g/mol. The second kappa shape index (κ2) is 6.66. The number of fused-ring (bicyclic) bond motifs is 2. The summed E-state index contributed by atoms with van der Waals surface area (Å²) in [5.41, 5.74) is 4.19. The van der Waals surface area contributed by atoms with E-state index in [1.165, 1.54) is 12.4 Å². The third kappa shape index (κ3) is 2.80. The van der Waals surface area contributed by atoms with Crippen LogP contribution in [0.2, 0.25) is 0 Å². The lowest BCUT2D eigenvalue weighted by Gasteiger charge is -2.15. The van der Waals surface area contributed by atoms with Gasteiger partial charge in [-0.3, -0.25) is 0 Å². The molecule has 2 aromatic carbocycles. The summed E-state index contributed by atoms with van der Waals surface area (Å²) in [6.07, 6.45) is 3.06. The van der Waals surface area contributed by atoms with Crippen molar-refractivity contribution in [2.24, 2.45) is 7.05 Å². The monoisotopic (exact) mass is 387 g/mol. The van der Waals surface area contributed by atoms with Gasteiger partial charge in [0, 0.05) is 12.6 Å². The molecule has 29 heavy (non-hydrogen) atoms. The predicted octanol–water partition coefficient (Wildman–Crippen LogP) is 4.22. The molecule has 3 heterocycles. The van der Waals surface area contributed by atoms with Crippen molar-refractivity contribution in [2.75, 3.05) is 5.32 Å². The molecule has 1 atom stereocenters. The van der Waals surface area contributed by atoms with Crippen molar-refractivity contribution < 1.29 is 4.39 Å². The zero-order chi connectivity index (χ0) is 20.0. The SMILES string of the molecule is C[C@H](Nc1ncnc2[nH]cnc12)c1nc2ccc(F)c(-c3ccccc3)c2n1C. The Kier molecular flexibility index (Phi) is 3.97. The zero-order valence-electron chi connectivity index (χ0n) is 15.9. The first kappa shape index (κ1) is 17.3. The molecule has 0 radical (unpaired) electrons. The van der Waals surface area contributed by atoms with Crippen LogP contribution in [-0.2, 0) is 7.05 Å². The minimum absolute atomic E-state index is 0.186. The van der Waals surface area contributed by atoms with Gasteiger partial charge in [-0.25, -0.2) is 24.3 Å². The largest absolute Gasteiger partial charge is 0.358 e. The molecule has 0 aliphatic heterocycles. The molecule has 7 nitrogen and oxygen atoms in total. The van der Waals surface area contributed by atoms with E-state index in [1.807, 2.05) is 48.9 Å². The third-order valence-corrected chi connectivity index (χ3v) is 5.04. The van der Waals surface area contributed by atoms with Gasteiger partial charge in [0.1, 0.15) is 23.5 Å². The number of benzene rings is 2. The predicted molar refractivity (Wildman–Crippen MR) is 110 cm³/mol. The first-order valence-corrected chi connectivity index (χ1v) is 9.24. The quantitative estimate of drug-likeness (QED) is 0.482. The summed E-state index contributed by atoms with van der Waals surface area (Å²) in [4.78, 5) is 20.5. The Hall–Kier alpha value is -3.81. The van der Waals surface area contributed by atoms with Crippen molar-refractivity contribution in [3.8, 4) is 11.1 Å². The Balaban J connectivity index is 1.61. The van der Waals surface area contributed by atoms with Crippen molar-refractivity contribution in [3.05, 3.63) is 66.8 Å². The molecule has 8 heteroatoms. The molecule has 0 saturated carbocycles. The summed E-state index contributed by atoms with van der Waals surface area (Å²) in [5.74, 6) is 1.11. The molecule has 0 aliphatic rings. The fourth-order valence-electron chi connectivity index (χ4n) is 3.70. The number of aromatic amines is 1. The second-order valence-electron chi connectivity index (χ2n) is 6.87. The topological polar surface area (TPSA) is 84.3 Å². The number of aromatic nitrogens is 6. The van der Waals surface area contributed by atoms with Crippen molar-refractivity contribution in [3.63, 3.8) is 0 Å². The van der Waals surface area contributed by atoms with Crippen molar-refractivity contribution in [2.45, 2.75) is 13.0 Å². The maximum absolute atomic E-state index is 14.8. The molecule has 0 aliphatic carbocycles. The number of nitrogens with one attached hydrogen (secondary N) is 2. The highest BCUT2D eigenvalue weighted by atomic mass is 19.1. The van der Waals surface area contributed by atoms with Crippen LogP contribution < -0.4 is 5.32 Å². The first-order chi connectivity index (χ1) is 14.1. The van der Waals surface area contributed by atoms with Crippen LogP contribution in [0.25, 0.3) is 33.3 Å². The Morgan fingerprint density at radius 2 is 1.90 bits per heavy atom. The number of imidazole rings is 2. The lowest BCUT2D eigenvalue weighted by atomic mass is 10.0. The van der Waals surface area contributed by atoms with Crippen LogP contribution in [0.5, 0.6) is 0 Å². The zero-order valence-corrected chi connectivity index (χ0v) is 15.9. The number of hydrogen-bond donors (Lipinski definition) is 2. The maximum atomic E-state index is 14.8. The van der Waals surface area contributed by atoms with E-state index >= 15 is 0 Å². The molecule has 3 aromatic heterocycles. The van der Waals surface area contributed by atoms with E-state index in [0.717, 1.165) is 22.4 Å². The summed E-state index contributed by atoms with van der Waals surface area (Å²) in [6.45, 7) is 1.99. The number of hydrogen-bond acceptors (Lipinski definition) is 5. The summed E-state index contributed by atoms with van der Waals surface area (Å²) in [5, 5.41) is 3.35. The average Bonchev–Trinajstić information content (AvgIpc) is 3.34. The van der Waals surface area contributed by atoms with E-state index in [2.05, 4.69) is 25.3 Å². The number of aryl methyl sites for hydroxylation is 1. The van der Waals surface area contributed by atoms with Gasteiger partial charge >= 0.3 is 0 Å². The van der Waals surface area contributed by atoms with Crippen LogP contribution in [0, 0.1) is 5.82 Å². The smallest absolute Gasteiger partial charge is 0.162 e. The van der Waals surface area contributed by atoms with Gasteiger partial charge < -0.3 is 14.9 Å². The van der Waals surface area contributed by atoms with Crippen LogP contribution >= 0.6 is 0 Å². The van der Waals surface area contributed by atoms with E-state index in [0.29, 0.717) is 22.5 Å². The molecule has 144 valence electrons. The minimum Gasteiger partial charge on any atom is -0.358 e. The van der Waals surface area contributed by atoms with Gasteiger partial charge in [-0.05, 0) is 24.6 Å².